The first kappa shape index (κ1) is 15.2. The van der Waals surface area contributed by atoms with Crippen LogP contribution in [0.25, 0.3) is 0 Å². The van der Waals surface area contributed by atoms with E-state index in [9.17, 15) is 4.79 Å². The van der Waals surface area contributed by atoms with Crippen molar-refractivity contribution in [1.29, 1.82) is 0 Å². The van der Waals surface area contributed by atoms with Crippen molar-refractivity contribution >= 4 is 5.78 Å². The summed E-state index contributed by atoms with van der Waals surface area (Å²) in [6.07, 6.45) is 14.3. The molecule has 2 nitrogen and oxygen atoms in total. The van der Waals surface area contributed by atoms with Crippen LogP contribution >= 0.6 is 0 Å². The summed E-state index contributed by atoms with van der Waals surface area (Å²) in [4.78, 5) is 12.0. The van der Waals surface area contributed by atoms with Crippen LogP contribution in [0.4, 0.5) is 0 Å². The molecule has 6 atom stereocenters. The van der Waals surface area contributed by atoms with Gasteiger partial charge in [-0.1, -0.05) is 19.1 Å². The molecule has 2 heteroatoms. The van der Waals surface area contributed by atoms with E-state index in [4.69, 9.17) is 4.74 Å². The van der Waals surface area contributed by atoms with Gasteiger partial charge in [-0.05, 0) is 86.0 Å². The van der Waals surface area contributed by atoms with Crippen LogP contribution in [-0.2, 0) is 9.53 Å². The highest BCUT2D eigenvalue weighted by Gasteiger charge is 2.62. The molecule has 5 rings (SSSR count). The minimum Gasteiger partial charge on any atom is -0.495 e. The van der Waals surface area contributed by atoms with Crippen LogP contribution in [0.1, 0.15) is 71.1 Å². The quantitative estimate of drug-likeness (QED) is 0.612. The van der Waals surface area contributed by atoms with Gasteiger partial charge in [0.05, 0.1) is 5.76 Å². The summed E-state index contributed by atoms with van der Waals surface area (Å²) in [6, 6.07) is 0. The molecule has 0 aromatic heterocycles. The summed E-state index contributed by atoms with van der Waals surface area (Å²) in [5.41, 5.74) is 2.24. The molecule has 0 amide bonds. The van der Waals surface area contributed by atoms with Gasteiger partial charge in [0.1, 0.15) is 6.10 Å². The Bertz CT molecular complexity index is 632. The summed E-state index contributed by atoms with van der Waals surface area (Å²) in [7, 11) is 0. The monoisotopic (exact) mass is 326 g/mol. The van der Waals surface area contributed by atoms with E-state index < -0.39 is 0 Å². The molecule has 5 aliphatic rings. The van der Waals surface area contributed by atoms with Crippen molar-refractivity contribution in [2.75, 3.05) is 0 Å². The third kappa shape index (κ3) is 1.86. The van der Waals surface area contributed by atoms with Gasteiger partial charge in [-0.3, -0.25) is 4.79 Å². The maximum atomic E-state index is 12.0. The fourth-order valence-corrected chi connectivity index (χ4v) is 7.72. The van der Waals surface area contributed by atoms with Crippen molar-refractivity contribution in [3.05, 3.63) is 24.0 Å². The first-order valence-electron chi connectivity index (χ1n) is 10.1. The number of ether oxygens (including phenoxy) is 1. The van der Waals surface area contributed by atoms with Crippen LogP contribution in [0.2, 0.25) is 0 Å². The Hall–Kier alpha value is -1.05. The second-order valence-corrected chi connectivity index (χ2v) is 9.46. The minimum atomic E-state index is 0.274. The SMILES string of the molecule is C=C1CCC23CCC4=CC(=O)CCC4(C)C2CCC2C(CCC23)O1. The third-order valence-corrected chi connectivity index (χ3v) is 8.75. The lowest BCUT2D eigenvalue weighted by Crippen LogP contribution is -2.55. The molecule has 130 valence electrons. The highest BCUT2D eigenvalue weighted by Crippen LogP contribution is 2.69. The van der Waals surface area contributed by atoms with Crippen LogP contribution in [0.3, 0.4) is 0 Å². The number of hydrogen-bond donors (Lipinski definition) is 0. The molecule has 1 aliphatic heterocycles. The van der Waals surface area contributed by atoms with Gasteiger partial charge < -0.3 is 4.74 Å². The van der Waals surface area contributed by atoms with Gasteiger partial charge >= 0.3 is 0 Å². The van der Waals surface area contributed by atoms with Crippen LogP contribution in [-0.4, -0.2) is 11.9 Å². The van der Waals surface area contributed by atoms with Gasteiger partial charge in [-0.15, -0.1) is 0 Å². The van der Waals surface area contributed by atoms with E-state index in [1.54, 1.807) is 0 Å². The normalized spacial score (nSPS) is 50.1. The van der Waals surface area contributed by atoms with Crippen molar-refractivity contribution < 1.29 is 9.53 Å². The van der Waals surface area contributed by atoms with E-state index in [0.29, 0.717) is 17.3 Å². The smallest absolute Gasteiger partial charge is 0.155 e. The zero-order chi connectivity index (χ0) is 16.5. The van der Waals surface area contributed by atoms with Crippen LogP contribution in [0.5, 0.6) is 0 Å². The van der Waals surface area contributed by atoms with E-state index in [2.05, 4.69) is 13.5 Å². The molecule has 3 saturated carbocycles. The zero-order valence-corrected chi connectivity index (χ0v) is 15.0. The lowest BCUT2D eigenvalue weighted by Gasteiger charge is -2.63. The fraction of sp³-hybridized carbons (Fsp3) is 0.773. The van der Waals surface area contributed by atoms with Gasteiger partial charge in [0, 0.05) is 12.8 Å². The maximum Gasteiger partial charge on any atom is 0.155 e. The molecule has 1 spiro atoms. The van der Waals surface area contributed by atoms with Gasteiger partial charge in [0.2, 0.25) is 0 Å². The van der Waals surface area contributed by atoms with Gasteiger partial charge in [0.15, 0.2) is 5.78 Å². The van der Waals surface area contributed by atoms with Crippen molar-refractivity contribution in [2.45, 2.75) is 77.2 Å². The third-order valence-electron chi connectivity index (χ3n) is 8.75. The second kappa shape index (κ2) is 4.99. The summed E-state index contributed by atoms with van der Waals surface area (Å²) in [5, 5.41) is 0. The van der Waals surface area contributed by atoms with E-state index >= 15 is 0 Å². The molecule has 0 N–H and O–H groups in total. The number of fused-ring (bicyclic) bond motifs is 2. The molecule has 4 bridgehead atoms. The molecule has 4 aliphatic carbocycles. The predicted octanol–water partition coefficient (Wildman–Crippen LogP) is 5.19. The predicted molar refractivity (Wildman–Crippen MR) is 94.3 cm³/mol. The van der Waals surface area contributed by atoms with E-state index in [0.717, 1.165) is 49.2 Å². The summed E-state index contributed by atoms with van der Waals surface area (Å²) in [6.45, 7) is 6.72. The maximum absolute atomic E-state index is 12.0. The molecule has 1 saturated heterocycles. The Labute approximate surface area is 145 Å². The highest BCUT2D eigenvalue weighted by molar-refractivity contribution is 5.91. The number of rotatable bonds is 0. The Morgan fingerprint density at radius 3 is 2.79 bits per heavy atom. The second-order valence-electron chi connectivity index (χ2n) is 9.46. The summed E-state index contributed by atoms with van der Waals surface area (Å²) >= 11 is 0. The molecule has 0 aromatic carbocycles. The number of hydrogen-bond acceptors (Lipinski definition) is 2. The first-order chi connectivity index (χ1) is 11.5. The van der Waals surface area contributed by atoms with E-state index in [-0.39, 0.29) is 5.41 Å². The number of carbonyl (C=O) groups excluding carboxylic acids is 1. The fourth-order valence-electron chi connectivity index (χ4n) is 7.72. The Morgan fingerprint density at radius 2 is 1.92 bits per heavy atom. The van der Waals surface area contributed by atoms with Crippen LogP contribution in [0.15, 0.2) is 24.0 Å². The molecular weight excluding hydrogens is 296 g/mol. The van der Waals surface area contributed by atoms with Gasteiger partial charge in [-0.25, -0.2) is 0 Å². The molecule has 4 fully saturated rings. The average Bonchev–Trinajstić information content (AvgIpc) is 2.99. The Morgan fingerprint density at radius 1 is 1.08 bits per heavy atom. The Kier molecular flexibility index (Phi) is 3.16. The van der Waals surface area contributed by atoms with Gasteiger partial charge in [0.25, 0.3) is 0 Å². The van der Waals surface area contributed by atoms with E-state index in [1.165, 1.54) is 44.1 Å². The topological polar surface area (TPSA) is 26.3 Å². The van der Waals surface area contributed by atoms with Crippen molar-refractivity contribution in [1.82, 2.24) is 0 Å². The molecule has 0 aromatic rings. The number of ketones is 1. The average molecular weight is 326 g/mol. The molecule has 6 unspecified atom stereocenters. The lowest BCUT2D eigenvalue weighted by atomic mass is 9.42. The number of carbonyl (C=O) groups is 1. The minimum absolute atomic E-state index is 0.274. The molecular formula is C22H30O2. The molecule has 0 radical (unpaired) electrons. The standard InChI is InChI=1S/C22H30O2/c1-14-7-11-22-12-8-15-13-16(23)9-10-21(15,2)20(22)6-3-17-18(22)4-5-19(17)24-14/h13,17-20H,1,3-12H2,2H3. The Balaban J connectivity index is 1.60. The van der Waals surface area contributed by atoms with Crippen LogP contribution < -0.4 is 0 Å². The number of allylic oxidation sites excluding steroid dienone is 2. The zero-order valence-electron chi connectivity index (χ0n) is 15.0. The van der Waals surface area contributed by atoms with Gasteiger partial charge in [-0.2, -0.15) is 0 Å². The molecule has 1 heterocycles. The highest BCUT2D eigenvalue weighted by atomic mass is 16.5. The summed E-state index contributed by atoms with van der Waals surface area (Å²) < 4.78 is 6.24. The van der Waals surface area contributed by atoms with Crippen LogP contribution in [0, 0.1) is 28.6 Å². The summed E-state index contributed by atoms with van der Waals surface area (Å²) in [5.74, 6) is 3.79. The van der Waals surface area contributed by atoms with E-state index in [1.807, 2.05) is 6.08 Å². The van der Waals surface area contributed by atoms with Crippen molar-refractivity contribution in [2.24, 2.45) is 28.6 Å². The molecule has 24 heavy (non-hydrogen) atoms. The lowest BCUT2D eigenvalue weighted by molar-refractivity contribution is -0.127. The largest absolute Gasteiger partial charge is 0.495 e. The van der Waals surface area contributed by atoms with Crippen molar-refractivity contribution in [3.8, 4) is 0 Å². The first-order valence-corrected chi connectivity index (χ1v) is 10.1. The van der Waals surface area contributed by atoms with Crippen molar-refractivity contribution in [3.63, 3.8) is 0 Å².